The average Bonchev–Trinajstić information content (AvgIpc) is 2.76. The van der Waals surface area contributed by atoms with Crippen LogP contribution in [0.25, 0.3) is 0 Å². The van der Waals surface area contributed by atoms with E-state index in [1.165, 1.54) is 9.79 Å². The summed E-state index contributed by atoms with van der Waals surface area (Å²) >= 11 is 14.0. The molecule has 30 heavy (non-hydrogen) atoms. The van der Waals surface area contributed by atoms with Crippen LogP contribution in [-0.4, -0.2) is 24.3 Å². The van der Waals surface area contributed by atoms with Crippen LogP contribution >= 0.6 is 35.0 Å². The summed E-state index contributed by atoms with van der Waals surface area (Å²) in [7, 11) is -1.11. The van der Waals surface area contributed by atoms with Gasteiger partial charge in [0.25, 0.3) is 0 Å². The van der Waals surface area contributed by atoms with E-state index >= 15 is 0 Å². The highest BCUT2D eigenvalue weighted by Crippen LogP contribution is 2.48. The molecule has 1 heterocycles. The van der Waals surface area contributed by atoms with Gasteiger partial charge in [-0.05, 0) is 61.0 Å². The van der Waals surface area contributed by atoms with Gasteiger partial charge < -0.3 is 4.90 Å². The molecular weight excluding hydrogens is 457 g/mol. The number of rotatable bonds is 6. The Balaban J connectivity index is 1.50. The molecule has 0 fully saturated rings. The Bertz CT molecular complexity index is 1180. The van der Waals surface area contributed by atoms with Gasteiger partial charge in [-0.3, -0.25) is 0 Å². The van der Waals surface area contributed by atoms with E-state index in [4.69, 9.17) is 23.2 Å². The van der Waals surface area contributed by atoms with Crippen molar-refractivity contribution in [1.29, 1.82) is 0 Å². The average molecular weight is 478 g/mol. The minimum atomic E-state index is -2.68. The van der Waals surface area contributed by atoms with E-state index in [-0.39, 0.29) is 0 Å². The van der Waals surface area contributed by atoms with Gasteiger partial charge in [0.2, 0.25) is 0 Å². The zero-order valence-corrected chi connectivity index (χ0v) is 19.5. The first kappa shape index (κ1) is 21.5. The number of anilines is 2. The summed E-state index contributed by atoms with van der Waals surface area (Å²) in [5.41, 5.74) is 2.26. The first-order valence-electron chi connectivity index (χ1n) is 9.49. The van der Waals surface area contributed by atoms with Crippen molar-refractivity contribution in [2.24, 2.45) is 4.36 Å². The van der Waals surface area contributed by atoms with Gasteiger partial charge in [0, 0.05) is 40.0 Å². The van der Waals surface area contributed by atoms with Crippen LogP contribution in [0.4, 0.5) is 11.4 Å². The highest BCUT2D eigenvalue weighted by Gasteiger charge is 2.23. The van der Waals surface area contributed by atoms with Gasteiger partial charge in [-0.2, -0.15) is 0 Å². The van der Waals surface area contributed by atoms with Crippen LogP contribution in [-0.2, 0) is 9.92 Å². The minimum absolute atomic E-state index is 0.556. The molecule has 0 spiro atoms. The number of nitrogens with zero attached hydrogens (tertiary/aromatic N) is 2. The molecule has 8 heteroatoms. The topological polar surface area (TPSA) is 44.7 Å². The Hall–Kier alpha value is -1.70. The quantitative estimate of drug-likeness (QED) is 0.404. The Morgan fingerprint density at radius 2 is 1.67 bits per heavy atom. The van der Waals surface area contributed by atoms with Gasteiger partial charge in [0.15, 0.2) is 0 Å². The second-order valence-corrected chi connectivity index (χ2v) is 10.9. The molecule has 0 radical (unpaired) electrons. The van der Waals surface area contributed by atoms with E-state index in [2.05, 4.69) is 38.3 Å². The molecule has 0 aliphatic carbocycles. The molecule has 0 saturated carbocycles. The number of para-hydroxylation sites is 1. The van der Waals surface area contributed by atoms with Crippen molar-refractivity contribution in [1.82, 2.24) is 4.72 Å². The van der Waals surface area contributed by atoms with Crippen molar-refractivity contribution in [3.8, 4) is 0 Å². The standard InChI is InChI=1S/C22H21Cl2N3OS2/c1-25-30(28,18-10-7-16(23)8-11-18)26-13-4-14-27-19-5-2-3-6-21(19)29-22-12-9-17(24)15-20(22)27/h2-3,5-12,15H,4,13-14H2,1H3,(H,25,26,28). The molecule has 1 aliphatic rings. The van der Waals surface area contributed by atoms with Crippen LogP contribution in [0.2, 0.25) is 10.0 Å². The molecule has 156 valence electrons. The Kier molecular flexibility index (Phi) is 6.60. The molecule has 0 amide bonds. The molecule has 0 saturated heterocycles. The maximum absolute atomic E-state index is 13.2. The van der Waals surface area contributed by atoms with Crippen LogP contribution < -0.4 is 9.62 Å². The van der Waals surface area contributed by atoms with Crippen LogP contribution in [0.1, 0.15) is 6.42 Å². The normalized spacial score (nSPS) is 14.6. The summed E-state index contributed by atoms with van der Waals surface area (Å²) in [5, 5.41) is 1.32. The van der Waals surface area contributed by atoms with Gasteiger partial charge in [-0.25, -0.2) is 13.3 Å². The second-order valence-electron chi connectivity index (χ2n) is 6.74. The molecule has 1 aliphatic heterocycles. The molecule has 1 unspecified atom stereocenters. The predicted octanol–water partition coefficient (Wildman–Crippen LogP) is 6.65. The molecule has 4 rings (SSSR count). The number of benzene rings is 3. The largest absolute Gasteiger partial charge is 0.340 e. The lowest BCUT2D eigenvalue weighted by molar-refractivity contribution is 0.658. The van der Waals surface area contributed by atoms with Crippen molar-refractivity contribution >= 4 is 56.3 Å². The van der Waals surface area contributed by atoms with Crippen LogP contribution in [0.3, 0.4) is 0 Å². The van der Waals surface area contributed by atoms with Crippen molar-refractivity contribution < 1.29 is 4.21 Å². The molecule has 0 bridgehead atoms. The van der Waals surface area contributed by atoms with E-state index in [0.29, 0.717) is 21.5 Å². The summed E-state index contributed by atoms with van der Waals surface area (Å²) in [4.78, 5) is 5.31. The number of nitrogens with one attached hydrogen (secondary N) is 1. The molecule has 3 aromatic rings. The Morgan fingerprint density at radius 3 is 2.43 bits per heavy atom. The fourth-order valence-electron chi connectivity index (χ4n) is 3.36. The molecule has 0 aromatic heterocycles. The molecule has 4 nitrogen and oxygen atoms in total. The van der Waals surface area contributed by atoms with Crippen molar-refractivity contribution in [2.75, 3.05) is 25.0 Å². The third kappa shape index (κ3) is 4.48. The Labute approximate surface area is 191 Å². The van der Waals surface area contributed by atoms with E-state index in [0.717, 1.165) is 24.3 Å². The second kappa shape index (κ2) is 9.20. The fourth-order valence-corrected chi connectivity index (χ4v) is 6.16. The smallest absolute Gasteiger partial charge is 0.137 e. The molecule has 3 aromatic carbocycles. The summed E-state index contributed by atoms with van der Waals surface area (Å²) in [6.45, 7) is 1.32. The fraction of sp³-hybridized carbons (Fsp3) is 0.182. The van der Waals surface area contributed by atoms with Crippen molar-refractivity contribution in [3.05, 3.63) is 76.8 Å². The summed E-state index contributed by atoms with van der Waals surface area (Å²) in [6.07, 6.45) is 0.783. The monoisotopic (exact) mass is 477 g/mol. The summed E-state index contributed by atoms with van der Waals surface area (Å²) in [5.74, 6) is 0. The maximum Gasteiger partial charge on any atom is 0.137 e. The Morgan fingerprint density at radius 1 is 0.967 bits per heavy atom. The summed E-state index contributed by atoms with van der Waals surface area (Å²) < 4.78 is 20.5. The number of halogens is 2. The first-order valence-corrected chi connectivity index (χ1v) is 12.6. The van der Waals surface area contributed by atoms with E-state index < -0.39 is 9.92 Å². The third-order valence-electron chi connectivity index (χ3n) is 4.83. The SMILES string of the molecule is CN=S(=O)(NCCCN1c2ccccc2Sc2ccc(Cl)cc21)c1ccc(Cl)cc1. The lowest BCUT2D eigenvalue weighted by atomic mass is 10.2. The van der Waals surface area contributed by atoms with Crippen LogP contribution in [0.15, 0.2) is 85.8 Å². The number of fused-ring (bicyclic) bond motifs is 2. The predicted molar refractivity (Wildman–Crippen MR) is 128 cm³/mol. The van der Waals surface area contributed by atoms with Crippen LogP contribution in [0.5, 0.6) is 0 Å². The zero-order valence-electron chi connectivity index (χ0n) is 16.3. The van der Waals surface area contributed by atoms with Gasteiger partial charge >= 0.3 is 0 Å². The van der Waals surface area contributed by atoms with Gasteiger partial charge in [0.1, 0.15) is 9.92 Å². The highest BCUT2D eigenvalue weighted by atomic mass is 35.5. The van der Waals surface area contributed by atoms with Gasteiger partial charge in [-0.15, -0.1) is 0 Å². The molecule has 1 atom stereocenters. The van der Waals surface area contributed by atoms with Crippen LogP contribution in [0, 0.1) is 0 Å². The van der Waals surface area contributed by atoms with E-state index in [1.54, 1.807) is 43.1 Å². The van der Waals surface area contributed by atoms with Crippen molar-refractivity contribution in [3.63, 3.8) is 0 Å². The maximum atomic E-state index is 13.2. The lowest BCUT2D eigenvalue weighted by Gasteiger charge is -2.33. The number of hydrogen-bond acceptors (Lipinski definition) is 4. The molecule has 1 N–H and O–H groups in total. The zero-order chi connectivity index (χ0) is 21.1. The highest BCUT2D eigenvalue weighted by molar-refractivity contribution is 7.99. The first-order chi connectivity index (χ1) is 14.5. The third-order valence-corrected chi connectivity index (χ3v) is 8.47. The van der Waals surface area contributed by atoms with Gasteiger partial charge in [0.05, 0.1) is 16.3 Å². The van der Waals surface area contributed by atoms with E-state index in [9.17, 15) is 4.21 Å². The summed E-state index contributed by atoms with van der Waals surface area (Å²) in [6, 6.07) is 21.3. The van der Waals surface area contributed by atoms with Gasteiger partial charge in [-0.1, -0.05) is 47.1 Å². The minimum Gasteiger partial charge on any atom is -0.340 e. The molecular formula is C22H21Cl2N3OS2. The van der Waals surface area contributed by atoms with Crippen molar-refractivity contribution in [2.45, 2.75) is 21.1 Å². The number of hydrogen-bond donors (Lipinski definition) is 1. The van der Waals surface area contributed by atoms with E-state index in [1.807, 2.05) is 18.2 Å². The lowest BCUT2D eigenvalue weighted by Crippen LogP contribution is -2.29.